The van der Waals surface area contributed by atoms with E-state index in [-0.39, 0.29) is 5.69 Å². The van der Waals surface area contributed by atoms with Crippen LogP contribution in [0.2, 0.25) is 10.0 Å². The number of aromatic amines is 1. The van der Waals surface area contributed by atoms with Crippen LogP contribution in [0.1, 0.15) is 28.0 Å². The van der Waals surface area contributed by atoms with Gasteiger partial charge in [-0.05, 0) is 61.2 Å². The monoisotopic (exact) mass is 454 g/mol. The largest absolute Gasteiger partial charge is 0.494 e. The molecule has 1 amide bonds. The molecule has 1 aromatic heterocycles. The van der Waals surface area contributed by atoms with Gasteiger partial charge in [0.2, 0.25) is 10.0 Å². The molecule has 0 saturated heterocycles. The Hall–Kier alpha value is -2.22. The number of fused-ring (bicyclic) bond motifs is 1. The van der Waals surface area contributed by atoms with Gasteiger partial charge in [-0.1, -0.05) is 29.3 Å². The number of benzene rings is 2. The topological polar surface area (TPSA) is 88.3 Å². The minimum atomic E-state index is -3.68. The molecule has 6 nitrogen and oxygen atoms in total. The molecule has 0 aliphatic heterocycles. The summed E-state index contributed by atoms with van der Waals surface area (Å²) in [5.74, 6) is 0.0109. The van der Waals surface area contributed by atoms with Crippen molar-refractivity contribution >= 4 is 50.0 Å². The lowest BCUT2D eigenvalue weighted by molar-refractivity contribution is 0.0976. The molecule has 0 atom stereocenters. The van der Waals surface area contributed by atoms with Crippen LogP contribution in [-0.2, 0) is 16.4 Å². The summed E-state index contributed by atoms with van der Waals surface area (Å²) in [6.07, 6.45) is 2.07. The fourth-order valence-electron chi connectivity index (χ4n) is 3.05. The first-order chi connectivity index (χ1) is 13.6. The Labute approximate surface area is 179 Å². The van der Waals surface area contributed by atoms with Gasteiger partial charge in [0, 0.05) is 20.9 Å². The van der Waals surface area contributed by atoms with Gasteiger partial charge in [0.15, 0.2) is 0 Å². The number of aryl methyl sites for hydroxylation is 2. The van der Waals surface area contributed by atoms with Gasteiger partial charge in [0.1, 0.15) is 11.4 Å². The van der Waals surface area contributed by atoms with Crippen molar-refractivity contribution in [3.05, 3.63) is 63.3 Å². The molecule has 9 heteroatoms. The molecule has 0 spiro atoms. The van der Waals surface area contributed by atoms with Crippen molar-refractivity contribution in [1.29, 1.82) is 0 Å². The normalized spacial score (nSPS) is 11.6. The molecule has 0 saturated carbocycles. The second kappa shape index (κ2) is 8.65. The number of carbonyl (C=O) groups is 1. The molecule has 0 unspecified atom stereocenters. The van der Waals surface area contributed by atoms with Crippen molar-refractivity contribution in [3.8, 4) is 5.75 Å². The number of ether oxygens (including phenoxy) is 1. The molecule has 154 valence electrons. The zero-order valence-corrected chi connectivity index (χ0v) is 18.2. The van der Waals surface area contributed by atoms with Crippen molar-refractivity contribution in [2.75, 3.05) is 12.9 Å². The number of rotatable bonds is 7. The van der Waals surface area contributed by atoms with Gasteiger partial charge in [-0.3, -0.25) is 4.79 Å². The van der Waals surface area contributed by atoms with Gasteiger partial charge < -0.3 is 9.72 Å². The fourth-order valence-corrected chi connectivity index (χ4v) is 3.78. The lowest BCUT2D eigenvalue weighted by Gasteiger charge is -2.09. The van der Waals surface area contributed by atoms with Gasteiger partial charge in [0.05, 0.1) is 12.9 Å². The van der Waals surface area contributed by atoms with Gasteiger partial charge in [-0.15, -0.1) is 0 Å². The predicted molar refractivity (Wildman–Crippen MR) is 116 cm³/mol. The third-order valence-corrected chi connectivity index (χ3v) is 5.56. The smallest absolute Gasteiger partial charge is 0.281 e. The standard InChI is InChI=1S/C20H20Cl2N2O4S/c1-12-10-14(6-8-17(12)22)28-9-3-4-16-15-7-5-13(21)11-18(15)23-19(16)20(25)24-29(2,26)27/h5-8,10-11,23H,3-4,9H2,1-2H3,(H,24,25). The summed E-state index contributed by atoms with van der Waals surface area (Å²) in [5, 5.41) is 2.01. The molecule has 0 radical (unpaired) electrons. The predicted octanol–water partition coefficient (Wildman–Crippen LogP) is 4.48. The Bertz CT molecular complexity index is 1170. The van der Waals surface area contributed by atoms with E-state index >= 15 is 0 Å². The van der Waals surface area contributed by atoms with E-state index < -0.39 is 15.9 Å². The molecular formula is C20H20Cl2N2O4S. The number of H-pyrrole nitrogens is 1. The van der Waals surface area contributed by atoms with Crippen LogP contribution in [-0.4, -0.2) is 32.2 Å². The van der Waals surface area contributed by atoms with E-state index in [4.69, 9.17) is 27.9 Å². The van der Waals surface area contributed by atoms with Crippen molar-refractivity contribution in [1.82, 2.24) is 9.71 Å². The number of aromatic nitrogens is 1. The number of hydrogen-bond donors (Lipinski definition) is 2. The van der Waals surface area contributed by atoms with Gasteiger partial charge in [-0.25, -0.2) is 13.1 Å². The molecule has 0 aliphatic carbocycles. The second-order valence-corrected chi connectivity index (χ2v) is 9.33. The first-order valence-electron chi connectivity index (χ1n) is 8.85. The highest BCUT2D eigenvalue weighted by Gasteiger charge is 2.20. The van der Waals surface area contributed by atoms with Crippen molar-refractivity contribution in [2.45, 2.75) is 19.8 Å². The van der Waals surface area contributed by atoms with Crippen molar-refractivity contribution < 1.29 is 17.9 Å². The van der Waals surface area contributed by atoms with E-state index in [2.05, 4.69) is 4.98 Å². The number of amides is 1. The molecule has 0 fully saturated rings. The quantitative estimate of drug-likeness (QED) is 0.514. The highest BCUT2D eigenvalue weighted by molar-refractivity contribution is 7.89. The lowest BCUT2D eigenvalue weighted by Crippen LogP contribution is -2.30. The second-order valence-electron chi connectivity index (χ2n) is 6.73. The minimum Gasteiger partial charge on any atom is -0.494 e. The van der Waals surface area contributed by atoms with Crippen LogP contribution in [0.5, 0.6) is 5.75 Å². The third kappa shape index (κ3) is 5.44. The highest BCUT2D eigenvalue weighted by Crippen LogP contribution is 2.27. The van der Waals surface area contributed by atoms with Crippen LogP contribution < -0.4 is 9.46 Å². The van der Waals surface area contributed by atoms with Crippen LogP contribution in [0, 0.1) is 6.92 Å². The Morgan fingerprint density at radius 2 is 1.93 bits per heavy atom. The first-order valence-corrected chi connectivity index (χ1v) is 11.5. The van der Waals surface area contributed by atoms with E-state index in [0.29, 0.717) is 46.3 Å². The molecule has 2 aromatic carbocycles. The van der Waals surface area contributed by atoms with E-state index in [1.165, 1.54) is 0 Å². The first kappa shape index (κ1) is 21.5. The number of sulfonamides is 1. The maximum atomic E-state index is 12.5. The molecule has 3 rings (SSSR count). The average Bonchev–Trinajstić information content (AvgIpc) is 2.98. The average molecular weight is 455 g/mol. The number of hydrogen-bond acceptors (Lipinski definition) is 4. The van der Waals surface area contributed by atoms with Crippen LogP contribution >= 0.6 is 23.2 Å². The third-order valence-electron chi connectivity index (χ3n) is 4.34. The summed E-state index contributed by atoms with van der Waals surface area (Å²) in [5.41, 5.74) is 2.52. The SMILES string of the molecule is Cc1cc(OCCCc2c(C(=O)NS(C)(=O)=O)[nH]c3cc(Cl)ccc23)ccc1Cl. The summed E-state index contributed by atoms with van der Waals surface area (Å²) in [6.45, 7) is 2.33. The summed E-state index contributed by atoms with van der Waals surface area (Å²) < 4.78 is 30.7. The summed E-state index contributed by atoms with van der Waals surface area (Å²) >= 11 is 12.1. The Morgan fingerprint density at radius 3 is 2.62 bits per heavy atom. The number of carbonyl (C=O) groups excluding carboxylic acids is 1. The number of nitrogens with one attached hydrogen (secondary N) is 2. The van der Waals surface area contributed by atoms with Gasteiger partial charge in [-0.2, -0.15) is 0 Å². The van der Waals surface area contributed by atoms with Crippen LogP contribution in [0.25, 0.3) is 10.9 Å². The van der Waals surface area contributed by atoms with Crippen LogP contribution in [0.15, 0.2) is 36.4 Å². The lowest BCUT2D eigenvalue weighted by atomic mass is 10.1. The highest BCUT2D eigenvalue weighted by atomic mass is 35.5. The molecular weight excluding hydrogens is 435 g/mol. The van der Waals surface area contributed by atoms with Gasteiger partial charge >= 0.3 is 0 Å². The molecule has 3 aromatic rings. The van der Waals surface area contributed by atoms with E-state index in [1.54, 1.807) is 24.3 Å². The Balaban J connectivity index is 1.78. The summed E-state index contributed by atoms with van der Waals surface area (Å²) in [6, 6.07) is 10.7. The zero-order chi connectivity index (χ0) is 21.2. The van der Waals surface area contributed by atoms with Crippen molar-refractivity contribution in [3.63, 3.8) is 0 Å². The molecule has 1 heterocycles. The number of halogens is 2. The molecule has 29 heavy (non-hydrogen) atoms. The molecule has 0 aliphatic rings. The fraction of sp³-hybridized carbons (Fsp3) is 0.250. The molecule has 2 N–H and O–H groups in total. The van der Waals surface area contributed by atoms with E-state index in [1.807, 2.05) is 23.8 Å². The van der Waals surface area contributed by atoms with Crippen LogP contribution in [0.3, 0.4) is 0 Å². The zero-order valence-electron chi connectivity index (χ0n) is 15.9. The Kier molecular flexibility index (Phi) is 6.41. The molecule has 0 bridgehead atoms. The summed E-state index contributed by atoms with van der Waals surface area (Å²) in [4.78, 5) is 15.4. The van der Waals surface area contributed by atoms with E-state index in [0.717, 1.165) is 17.2 Å². The van der Waals surface area contributed by atoms with Crippen molar-refractivity contribution in [2.24, 2.45) is 0 Å². The minimum absolute atomic E-state index is 0.204. The van der Waals surface area contributed by atoms with E-state index in [9.17, 15) is 13.2 Å². The maximum Gasteiger partial charge on any atom is 0.281 e. The Morgan fingerprint density at radius 1 is 1.17 bits per heavy atom. The summed E-state index contributed by atoms with van der Waals surface area (Å²) in [7, 11) is -3.68. The van der Waals surface area contributed by atoms with Gasteiger partial charge in [0.25, 0.3) is 5.91 Å². The maximum absolute atomic E-state index is 12.5. The van der Waals surface area contributed by atoms with Crippen LogP contribution in [0.4, 0.5) is 0 Å².